The minimum absolute atomic E-state index is 0.0302. The second-order valence-electron chi connectivity index (χ2n) is 16.4. The Balaban J connectivity index is 1.70. The van der Waals surface area contributed by atoms with E-state index in [1.807, 2.05) is 0 Å². The third-order valence-electron chi connectivity index (χ3n) is 13.1. The number of allylic oxidation sites excluding steroid dienone is 3. The molecule has 3 heteroatoms. The van der Waals surface area contributed by atoms with Crippen molar-refractivity contribution >= 4 is 17.2 Å². The van der Waals surface area contributed by atoms with Crippen LogP contribution >= 0.6 is 0 Å². The van der Waals surface area contributed by atoms with Gasteiger partial charge in [-0.1, -0.05) is 133 Å². The summed E-state index contributed by atoms with van der Waals surface area (Å²) in [5.41, 5.74) is 11.4. The number of rotatable bonds is 18. The predicted octanol–water partition coefficient (Wildman–Crippen LogP) is 13.4. The van der Waals surface area contributed by atoms with Gasteiger partial charge < -0.3 is 0 Å². The number of fused-ring (bicyclic) bond motifs is 5. The Labute approximate surface area is 323 Å². The van der Waals surface area contributed by atoms with Crippen LogP contribution in [0.3, 0.4) is 0 Å². The van der Waals surface area contributed by atoms with Crippen molar-refractivity contribution in [3.63, 3.8) is 0 Å². The van der Waals surface area contributed by atoms with Crippen LogP contribution in [0.15, 0.2) is 90.5 Å². The molecule has 0 bridgehead atoms. The lowest BCUT2D eigenvalue weighted by Gasteiger charge is -2.50. The van der Waals surface area contributed by atoms with Gasteiger partial charge in [0.1, 0.15) is 31.0 Å². The van der Waals surface area contributed by atoms with Gasteiger partial charge in [0.25, 0.3) is 5.82 Å². The van der Waals surface area contributed by atoms with E-state index in [9.17, 15) is 0 Å². The summed E-state index contributed by atoms with van der Waals surface area (Å²) in [7, 11) is 2.24. The van der Waals surface area contributed by atoms with E-state index in [4.69, 9.17) is 0 Å². The van der Waals surface area contributed by atoms with Gasteiger partial charge in [0.2, 0.25) is 0 Å². The van der Waals surface area contributed by atoms with Crippen molar-refractivity contribution in [1.82, 2.24) is 4.57 Å². The molecule has 1 aliphatic rings. The first-order valence-electron chi connectivity index (χ1n) is 21.2. The minimum Gasteiger partial charge on any atom is -0.242 e. The van der Waals surface area contributed by atoms with E-state index in [0.717, 1.165) is 51.5 Å². The molecule has 1 aliphatic heterocycles. The number of nitrogens with zero attached hydrogens (tertiary/aromatic N) is 3. The van der Waals surface area contributed by atoms with E-state index in [-0.39, 0.29) is 11.0 Å². The second-order valence-corrected chi connectivity index (χ2v) is 16.4. The second kappa shape index (κ2) is 18.1. The van der Waals surface area contributed by atoms with E-state index in [0.29, 0.717) is 11.8 Å². The molecule has 0 radical (unpaired) electrons. The zero-order valence-corrected chi connectivity index (χ0v) is 35.1. The Morgan fingerprint density at radius 2 is 1.58 bits per heavy atom. The average molecular weight is 714 g/mol. The molecule has 3 atom stereocenters. The third kappa shape index (κ3) is 7.78. The maximum absolute atomic E-state index is 2.82. The van der Waals surface area contributed by atoms with Crippen LogP contribution in [0.1, 0.15) is 161 Å². The molecule has 3 aromatic carbocycles. The van der Waals surface area contributed by atoms with Crippen LogP contribution in [0.25, 0.3) is 28.1 Å². The van der Waals surface area contributed by atoms with E-state index in [2.05, 4.69) is 174 Å². The normalized spacial score (nSPS) is 19.7. The molecule has 3 unspecified atom stereocenters. The Bertz CT molecular complexity index is 1920. The van der Waals surface area contributed by atoms with Crippen LogP contribution in [0.4, 0.5) is 0 Å². The quantitative estimate of drug-likeness (QED) is 0.0421. The van der Waals surface area contributed by atoms with Gasteiger partial charge in [-0.2, -0.15) is 4.57 Å². The molecular weight excluding hydrogens is 643 g/mol. The summed E-state index contributed by atoms with van der Waals surface area (Å²) in [4.78, 5) is 0. The molecule has 2 heterocycles. The highest BCUT2D eigenvalue weighted by Crippen LogP contribution is 2.54. The smallest absolute Gasteiger partial charge is 0.242 e. The first-order valence-corrected chi connectivity index (χ1v) is 21.2. The lowest BCUT2D eigenvalue weighted by molar-refractivity contribution is -0.743. The number of hydrogen-bond acceptors (Lipinski definition) is 0. The molecule has 3 nitrogen and oxygen atoms in total. The third-order valence-corrected chi connectivity index (χ3v) is 13.1. The van der Waals surface area contributed by atoms with Gasteiger partial charge in [-0.25, -0.2) is 9.14 Å². The summed E-state index contributed by atoms with van der Waals surface area (Å²) in [5.74, 6) is 2.24. The largest absolute Gasteiger partial charge is 0.295 e. The molecule has 0 fully saturated rings. The molecule has 0 aliphatic carbocycles. The topological polar surface area (TPSA) is 11.8 Å². The van der Waals surface area contributed by atoms with Gasteiger partial charge in [-0.05, 0) is 94.9 Å². The minimum atomic E-state index is -0.133. The van der Waals surface area contributed by atoms with Crippen LogP contribution < -0.4 is 4.57 Å². The summed E-state index contributed by atoms with van der Waals surface area (Å²) in [5, 5.41) is 0. The van der Waals surface area contributed by atoms with Gasteiger partial charge in [0.15, 0.2) is 11.0 Å². The van der Waals surface area contributed by atoms with E-state index < -0.39 is 0 Å². The molecule has 0 amide bonds. The summed E-state index contributed by atoms with van der Waals surface area (Å²) < 4.78 is 7.93. The standard InChI is InChI=1S/C50H71N3/c1-11-16-18-24-36-51(10)37-34-40(13-3)33-35-50(15-5)44-30-21-20-27-43(44)48-52(45-31-22-23-32-46(45)53(48)49(50,9)14-4)47-41(38(6)7)28-25-29-42(47)39(8)26-19-17-12-2/h11,13,16,20-23,25,27-32,36,38-39H,12,14-15,17-19,24,26,33-35,37H2,1-10H3/q+2. The molecule has 5 rings (SSSR count). The van der Waals surface area contributed by atoms with Crippen molar-refractivity contribution in [3.05, 3.63) is 107 Å². The van der Waals surface area contributed by atoms with Crippen molar-refractivity contribution in [1.29, 1.82) is 0 Å². The highest BCUT2D eigenvalue weighted by molar-refractivity contribution is 5.82. The average Bonchev–Trinajstić information content (AvgIpc) is 3.53. The zero-order chi connectivity index (χ0) is 38.2. The first kappa shape index (κ1) is 40.5. The molecule has 4 aromatic rings. The molecular formula is C50H71N3+2. The van der Waals surface area contributed by atoms with Crippen molar-refractivity contribution in [2.24, 2.45) is 0 Å². The van der Waals surface area contributed by atoms with Crippen LogP contribution in [0.5, 0.6) is 0 Å². The van der Waals surface area contributed by atoms with Crippen molar-refractivity contribution < 1.29 is 9.14 Å². The Kier molecular flexibility index (Phi) is 13.8. The molecule has 1 aromatic heterocycles. The maximum Gasteiger partial charge on any atom is 0.295 e. The number of imidazole rings is 1. The van der Waals surface area contributed by atoms with Crippen molar-refractivity contribution in [3.8, 4) is 17.1 Å². The summed E-state index contributed by atoms with van der Waals surface area (Å²) in [6, 6.07) is 26.0. The Hall–Kier alpha value is -3.72. The number of benzene rings is 3. The fourth-order valence-corrected chi connectivity index (χ4v) is 9.70. The first-order chi connectivity index (χ1) is 25.6. The lowest BCUT2D eigenvalue weighted by Crippen LogP contribution is -2.68. The van der Waals surface area contributed by atoms with Gasteiger partial charge in [-0.15, -0.1) is 0 Å². The van der Waals surface area contributed by atoms with Crippen LogP contribution in [-0.4, -0.2) is 28.9 Å². The highest BCUT2D eigenvalue weighted by atomic mass is 15.2. The van der Waals surface area contributed by atoms with Crippen molar-refractivity contribution in [2.45, 2.75) is 156 Å². The highest BCUT2D eigenvalue weighted by Gasteiger charge is 2.58. The zero-order valence-electron chi connectivity index (χ0n) is 35.1. The fraction of sp³-hybridized carbons (Fsp3) is 0.520. The van der Waals surface area contributed by atoms with Crippen LogP contribution in [0.2, 0.25) is 0 Å². The van der Waals surface area contributed by atoms with Gasteiger partial charge >= 0.3 is 0 Å². The number of hydrogen-bond donors (Lipinski definition) is 0. The molecule has 0 N–H and O–H groups in total. The van der Waals surface area contributed by atoms with Gasteiger partial charge in [0.05, 0.1) is 5.56 Å². The fourth-order valence-electron chi connectivity index (χ4n) is 9.70. The molecule has 0 spiro atoms. The van der Waals surface area contributed by atoms with E-state index >= 15 is 0 Å². The summed E-state index contributed by atoms with van der Waals surface area (Å²) >= 11 is 0. The van der Waals surface area contributed by atoms with Crippen LogP contribution in [0, 0.1) is 0 Å². The van der Waals surface area contributed by atoms with Gasteiger partial charge in [0, 0.05) is 29.4 Å². The van der Waals surface area contributed by atoms with Crippen LogP contribution in [-0.2, 0) is 11.0 Å². The van der Waals surface area contributed by atoms with Gasteiger partial charge in [-0.3, -0.25) is 0 Å². The molecule has 284 valence electrons. The lowest BCUT2D eigenvalue weighted by atomic mass is 9.57. The maximum atomic E-state index is 2.82. The summed E-state index contributed by atoms with van der Waals surface area (Å²) in [6.45, 7) is 22.5. The molecule has 0 saturated heterocycles. The summed E-state index contributed by atoms with van der Waals surface area (Å²) in [6.07, 6.45) is 22.0. The predicted molar refractivity (Wildman–Crippen MR) is 230 cm³/mol. The number of unbranched alkanes of at least 4 members (excludes halogenated alkanes) is 3. The van der Waals surface area contributed by atoms with Crippen molar-refractivity contribution in [2.75, 3.05) is 13.6 Å². The molecule has 53 heavy (non-hydrogen) atoms. The van der Waals surface area contributed by atoms with E-state index in [1.165, 1.54) is 70.5 Å². The Morgan fingerprint density at radius 1 is 0.849 bits per heavy atom. The monoisotopic (exact) mass is 714 g/mol. The number of para-hydroxylation sites is 3. The van der Waals surface area contributed by atoms with E-state index in [1.54, 1.807) is 5.57 Å². The Morgan fingerprint density at radius 3 is 2.28 bits per heavy atom. The number of aromatic nitrogens is 2. The molecule has 0 saturated carbocycles. The SMILES string of the molecule is CC=CCCC=[N+](C)CCC(=CC)CCC1(CC)c2ccccc2-c2n(-c3c(C(C)C)cccc3C(C)CCCCC)c3ccccc3[n+]2C1(C)CC.